The summed E-state index contributed by atoms with van der Waals surface area (Å²) in [5.74, 6) is -0.852. The van der Waals surface area contributed by atoms with E-state index in [9.17, 15) is 18.7 Å². The number of nitrogens with one attached hydrogen (secondary N) is 1. The van der Waals surface area contributed by atoms with Crippen molar-refractivity contribution in [2.75, 3.05) is 12.3 Å². The molecule has 1 aliphatic heterocycles. The van der Waals surface area contributed by atoms with Gasteiger partial charge < -0.3 is 10.4 Å². The average Bonchev–Trinajstić information content (AvgIpc) is 2.89. The molecule has 0 bridgehead atoms. The Kier molecular flexibility index (Phi) is 4.76. The number of aliphatic hydroxyl groups excluding tert-OH is 1. The van der Waals surface area contributed by atoms with Crippen molar-refractivity contribution in [3.05, 3.63) is 35.4 Å². The zero-order chi connectivity index (χ0) is 13.8. The zero-order valence-electron chi connectivity index (χ0n) is 10.2. The zero-order valence-corrected chi connectivity index (χ0v) is 11.1. The van der Waals surface area contributed by atoms with Gasteiger partial charge in [0.1, 0.15) is 17.7 Å². The monoisotopic (exact) mass is 287 g/mol. The Hall–Kier alpha value is -1.14. The summed E-state index contributed by atoms with van der Waals surface area (Å²) in [5.41, 5.74) is -0.401. The van der Waals surface area contributed by atoms with Crippen molar-refractivity contribution < 1.29 is 18.7 Å². The Morgan fingerprint density at radius 1 is 1.47 bits per heavy atom. The molecule has 19 heavy (non-hydrogen) atoms. The molecule has 2 atom stereocenters. The van der Waals surface area contributed by atoms with Crippen molar-refractivity contribution >= 4 is 17.7 Å². The standard InChI is InChI=1S/C13H15F2NO2S/c14-8-3-1-4-9(15)12(8)10(17)7-16-13(18)11-5-2-6-19-11/h1,3-4,10-11,17H,2,5-7H2,(H,16,18). The van der Waals surface area contributed by atoms with Gasteiger partial charge in [-0.1, -0.05) is 6.07 Å². The van der Waals surface area contributed by atoms with Gasteiger partial charge in [-0.15, -0.1) is 11.8 Å². The van der Waals surface area contributed by atoms with Gasteiger partial charge in [0.15, 0.2) is 0 Å². The molecule has 1 aromatic rings. The van der Waals surface area contributed by atoms with Gasteiger partial charge in [-0.3, -0.25) is 4.79 Å². The number of hydrogen-bond acceptors (Lipinski definition) is 3. The lowest BCUT2D eigenvalue weighted by molar-refractivity contribution is -0.121. The largest absolute Gasteiger partial charge is 0.386 e. The molecule has 1 heterocycles. The molecule has 6 heteroatoms. The SMILES string of the molecule is O=C(NCC(O)c1c(F)cccc1F)C1CCCS1. The molecule has 104 valence electrons. The van der Waals surface area contributed by atoms with Crippen molar-refractivity contribution in [2.45, 2.75) is 24.2 Å². The van der Waals surface area contributed by atoms with E-state index in [0.717, 1.165) is 30.7 Å². The molecule has 2 unspecified atom stereocenters. The Balaban J connectivity index is 1.93. The highest BCUT2D eigenvalue weighted by Gasteiger charge is 2.24. The lowest BCUT2D eigenvalue weighted by Gasteiger charge is -2.15. The van der Waals surface area contributed by atoms with Crippen molar-refractivity contribution in [1.29, 1.82) is 0 Å². The number of halogens is 2. The van der Waals surface area contributed by atoms with Gasteiger partial charge in [0, 0.05) is 6.54 Å². The van der Waals surface area contributed by atoms with Gasteiger partial charge in [-0.2, -0.15) is 0 Å². The average molecular weight is 287 g/mol. The fourth-order valence-electron chi connectivity index (χ4n) is 2.03. The summed E-state index contributed by atoms with van der Waals surface area (Å²) < 4.78 is 26.8. The molecule has 0 aliphatic carbocycles. The maximum absolute atomic E-state index is 13.4. The van der Waals surface area contributed by atoms with Crippen molar-refractivity contribution in [1.82, 2.24) is 5.32 Å². The molecule has 2 rings (SSSR count). The van der Waals surface area contributed by atoms with Gasteiger partial charge in [0.2, 0.25) is 5.91 Å². The van der Waals surface area contributed by atoms with E-state index in [2.05, 4.69) is 5.32 Å². The van der Waals surface area contributed by atoms with Gasteiger partial charge in [-0.05, 0) is 30.7 Å². The topological polar surface area (TPSA) is 49.3 Å². The van der Waals surface area contributed by atoms with E-state index >= 15 is 0 Å². The predicted molar refractivity (Wildman–Crippen MR) is 69.8 cm³/mol. The fourth-order valence-corrected chi connectivity index (χ4v) is 3.21. The molecule has 1 amide bonds. The second kappa shape index (κ2) is 6.34. The Morgan fingerprint density at radius 2 is 2.16 bits per heavy atom. The third-order valence-electron chi connectivity index (χ3n) is 3.02. The quantitative estimate of drug-likeness (QED) is 0.890. The molecular formula is C13H15F2NO2S. The maximum atomic E-state index is 13.4. The highest BCUT2D eigenvalue weighted by atomic mass is 32.2. The summed E-state index contributed by atoms with van der Waals surface area (Å²) in [5, 5.41) is 12.2. The molecule has 1 saturated heterocycles. The fraction of sp³-hybridized carbons (Fsp3) is 0.462. The van der Waals surface area contributed by atoms with Gasteiger partial charge >= 0.3 is 0 Å². The number of carbonyl (C=O) groups is 1. The highest BCUT2D eigenvalue weighted by molar-refractivity contribution is 8.00. The molecule has 2 N–H and O–H groups in total. The third-order valence-corrected chi connectivity index (χ3v) is 4.40. The van der Waals surface area contributed by atoms with Crippen LogP contribution >= 0.6 is 11.8 Å². The van der Waals surface area contributed by atoms with E-state index in [4.69, 9.17) is 0 Å². The first kappa shape index (κ1) is 14.3. The summed E-state index contributed by atoms with van der Waals surface area (Å²) in [6.45, 7) is -0.187. The normalized spacial score (nSPS) is 20.3. The number of carbonyl (C=O) groups excluding carboxylic acids is 1. The molecule has 1 fully saturated rings. The first-order valence-electron chi connectivity index (χ1n) is 6.11. The summed E-state index contributed by atoms with van der Waals surface area (Å²) in [6, 6.07) is 3.39. The van der Waals surface area contributed by atoms with Crippen LogP contribution in [0.5, 0.6) is 0 Å². The van der Waals surface area contributed by atoms with Crippen LogP contribution in [0.1, 0.15) is 24.5 Å². The molecule has 0 radical (unpaired) electrons. The lowest BCUT2D eigenvalue weighted by Crippen LogP contribution is -2.34. The van der Waals surface area contributed by atoms with Crippen LogP contribution in [0.3, 0.4) is 0 Å². The number of benzene rings is 1. The summed E-state index contributed by atoms with van der Waals surface area (Å²) in [7, 11) is 0. The van der Waals surface area contributed by atoms with Crippen LogP contribution in [-0.4, -0.2) is 28.6 Å². The number of amides is 1. The number of rotatable bonds is 4. The van der Waals surface area contributed by atoms with Crippen LogP contribution in [0.15, 0.2) is 18.2 Å². The maximum Gasteiger partial charge on any atom is 0.233 e. The third kappa shape index (κ3) is 3.45. The van der Waals surface area contributed by atoms with E-state index in [1.165, 1.54) is 6.07 Å². The second-order valence-electron chi connectivity index (χ2n) is 4.40. The molecule has 0 aromatic heterocycles. The van der Waals surface area contributed by atoms with Gasteiger partial charge in [0.25, 0.3) is 0 Å². The van der Waals surface area contributed by atoms with Crippen LogP contribution < -0.4 is 5.32 Å². The number of thioether (sulfide) groups is 1. The van der Waals surface area contributed by atoms with E-state index in [1.807, 2.05) is 0 Å². The Labute approximate surface area is 114 Å². The van der Waals surface area contributed by atoms with Crippen LogP contribution in [0.2, 0.25) is 0 Å². The minimum Gasteiger partial charge on any atom is -0.386 e. The van der Waals surface area contributed by atoms with Crippen LogP contribution in [-0.2, 0) is 4.79 Å². The minimum atomic E-state index is -1.38. The molecule has 0 spiro atoms. The van der Waals surface area contributed by atoms with E-state index in [1.54, 1.807) is 11.8 Å². The summed E-state index contributed by atoms with van der Waals surface area (Å²) >= 11 is 1.56. The van der Waals surface area contributed by atoms with E-state index < -0.39 is 23.3 Å². The molecule has 1 aromatic carbocycles. The van der Waals surface area contributed by atoms with E-state index in [-0.39, 0.29) is 17.7 Å². The number of hydrogen-bond donors (Lipinski definition) is 2. The predicted octanol–water partition coefficient (Wildman–Crippen LogP) is 2.01. The van der Waals surface area contributed by atoms with Crippen molar-refractivity contribution in [3.8, 4) is 0 Å². The molecular weight excluding hydrogens is 272 g/mol. The first-order valence-corrected chi connectivity index (χ1v) is 7.15. The molecule has 3 nitrogen and oxygen atoms in total. The summed E-state index contributed by atoms with van der Waals surface area (Å²) in [6.07, 6.45) is 0.421. The second-order valence-corrected chi connectivity index (χ2v) is 5.71. The lowest BCUT2D eigenvalue weighted by atomic mass is 10.1. The minimum absolute atomic E-state index is 0.113. The summed E-state index contributed by atoms with van der Waals surface area (Å²) in [4.78, 5) is 11.7. The van der Waals surface area contributed by atoms with Gasteiger partial charge in [-0.25, -0.2) is 8.78 Å². The first-order chi connectivity index (χ1) is 9.09. The Morgan fingerprint density at radius 3 is 2.74 bits per heavy atom. The van der Waals surface area contributed by atoms with Crippen molar-refractivity contribution in [2.24, 2.45) is 0 Å². The smallest absolute Gasteiger partial charge is 0.233 e. The van der Waals surface area contributed by atoms with Crippen LogP contribution in [0.4, 0.5) is 8.78 Å². The molecule has 1 aliphatic rings. The van der Waals surface area contributed by atoms with Crippen molar-refractivity contribution in [3.63, 3.8) is 0 Å². The van der Waals surface area contributed by atoms with Gasteiger partial charge in [0.05, 0.1) is 10.8 Å². The van der Waals surface area contributed by atoms with E-state index in [0.29, 0.717) is 0 Å². The number of aliphatic hydroxyl groups is 1. The highest BCUT2D eigenvalue weighted by Crippen LogP contribution is 2.26. The Bertz CT molecular complexity index is 444. The van der Waals surface area contributed by atoms with Crippen LogP contribution in [0.25, 0.3) is 0 Å². The molecule has 0 saturated carbocycles. The van der Waals surface area contributed by atoms with Crippen LogP contribution in [0, 0.1) is 11.6 Å².